The van der Waals surface area contributed by atoms with Gasteiger partial charge in [-0.1, -0.05) is 19.1 Å². The van der Waals surface area contributed by atoms with Crippen LogP contribution in [0.1, 0.15) is 38.3 Å². The second kappa shape index (κ2) is 5.65. The second-order valence-electron chi connectivity index (χ2n) is 5.11. The first kappa shape index (κ1) is 13.3. The van der Waals surface area contributed by atoms with Gasteiger partial charge in [0.1, 0.15) is 5.75 Å². The van der Waals surface area contributed by atoms with Crippen LogP contribution in [-0.4, -0.2) is 12.7 Å². The molecule has 0 spiro atoms. The molecule has 1 aliphatic rings. The van der Waals surface area contributed by atoms with E-state index in [0.717, 1.165) is 11.5 Å². The van der Waals surface area contributed by atoms with Gasteiger partial charge in [-0.3, -0.25) is 0 Å². The standard InChI is InChI=1S/C14H19F2NO/c1-9-7-12(8-9)17-10(2)11-3-5-13(6-4-11)18-14(15)16/h3-6,9-10,12,14,17H,7-8H2,1-2H3. The molecule has 1 aromatic rings. The van der Waals surface area contributed by atoms with Crippen molar-refractivity contribution in [3.63, 3.8) is 0 Å². The Morgan fingerprint density at radius 3 is 2.33 bits per heavy atom. The maximum Gasteiger partial charge on any atom is 0.387 e. The minimum absolute atomic E-state index is 0.207. The van der Waals surface area contributed by atoms with E-state index in [1.807, 2.05) is 12.1 Å². The number of hydrogen-bond acceptors (Lipinski definition) is 2. The lowest BCUT2D eigenvalue weighted by molar-refractivity contribution is -0.0498. The van der Waals surface area contributed by atoms with E-state index in [4.69, 9.17) is 0 Å². The van der Waals surface area contributed by atoms with Gasteiger partial charge in [0.05, 0.1) is 0 Å². The van der Waals surface area contributed by atoms with E-state index in [0.29, 0.717) is 6.04 Å². The van der Waals surface area contributed by atoms with Crippen LogP contribution in [-0.2, 0) is 0 Å². The Morgan fingerprint density at radius 2 is 1.83 bits per heavy atom. The smallest absolute Gasteiger partial charge is 0.387 e. The number of ether oxygens (including phenoxy) is 1. The van der Waals surface area contributed by atoms with Gasteiger partial charge in [0.15, 0.2) is 0 Å². The third kappa shape index (κ3) is 3.42. The molecule has 1 fully saturated rings. The third-order valence-corrected chi connectivity index (χ3v) is 3.46. The monoisotopic (exact) mass is 255 g/mol. The van der Waals surface area contributed by atoms with Crippen molar-refractivity contribution in [1.82, 2.24) is 5.32 Å². The minimum Gasteiger partial charge on any atom is -0.435 e. The first-order valence-corrected chi connectivity index (χ1v) is 6.35. The molecule has 0 saturated heterocycles. The Bertz CT molecular complexity index is 374. The lowest BCUT2D eigenvalue weighted by Crippen LogP contribution is -2.41. The summed E-state index contributed by atoms with van der Waals surface area (Å²) in [4.78, 5) is 0. The van der Waals surface area contributed by atoms with Crippen LogP contribution in [0.2, 0.25) is 0 Å². The summed E-state index contributed by atoms with van der Waals surface area (Å²) in [5.74, 6) is 1.02. The number of benzene rings is 1. The summed E-state index contributed by atoms with van der Waals surface area (Å²) in [6.45, 7) is 1.58. The minimum atomic E-state index is -2.76. The zero-order valence-electron chi connectivity index (χ0n) is 10.7. The number of nitrogens with one attached hydrogen (secondary N) is 1. The van der Waals surface area contributed by atoms with Gasteiger partial charge in [0.2, 0.25) is 0 Å². The molecule has 0 heterocycles. The molecule has 2 nitrogen and oxygen atoms in total. The van der Waals surface area contributed by atoms with Gasteiger partial charge in [-0.25, -0.2) is 0 Å². The molecule has 0 aromatic heterocycles. The van der Waals surface area contributed by atoms with Crippen molar-refractivity contribution < 1.29 is 13.5 Å². The zero-order valence-corrected chi connectivity index (χ0v) is 10.7. The first-order valence-electron chi connectivity index (χ1n) is 6.35. The summed E-state index contributed by atoms with van der Waals surface area (Å²) >= 11 is 0. The summed E-state index contributed by atoms with van der Waals surface area (Å²) in [7, 11) is 0. The summed E-state index contributed by atoms with van der Waals surface area (Å²) in [6.07, 6.45) is 2.44. The highest BCUT2D eigenvalue weighted by Crippen LogP contribution is 2.29. The highest BCUT2D eigenvalue weighted by atomic mass is 19.3. The van der Waals surface area contributed by atoms with Crippen LogP contribution in [0.25, 0.3) is 0 Å². The highest BCUT2D eigenvalue weighted by molar-refractivity contribution is 5.29. The van der Waals surface area contributed by atoms with Crippen LogP contribution in [0.3, 0.4) is 0 Å². The normalized spacial score (nSPS) is 24.7. The maximum atomic E-state index is 12.0. The van der Waals surface area contributed by atoms with E-state index in [1.54, 1.807) is 12.1 Å². The predicted octanol–water partition coefficient (Wildman–Crippen LogP) is 3.74. The topological polar surface area (TPSA) is 21.3 Å². The fourth-order valence-corrected chi connectivity index (χ4v) is 2.43. The molecule has 1 aliphatic carbocycles. The van der Waals surface area contributed by atoms with E-state index >= 15 is 0 Å². The molecule has 1 unspecified atom stereocenters. The van der Waals surface area contributed by atoms with Crippen molar-refractivity contribution in [3.8, 4) is 5.75 Å². The van der Waals surface area contributed by atoms with Crippen molar-refractivity contribution >= 4 is 0 Å². The van der Waals surface area contributed by atoms with Crippen LogP contribution < -0.4 is 10.1 Å². The summed E-state index contributed by atoms with van der Waals surface area (Å²) in [5.41, 5.74) is 1.09. The molecule has 0 radical (unpaired) electrons. The van der Waals surface area contributed by atoms with Gasteiger partial charge in [0, 0.05) is 12.1 Å². The average Bonchev–Trinajstić information content (AvgIpc) is 2.27. The predicted molar refractivity (Wildman–Crippen MR) is 66.8 cm³/mol. The maximum absolute atomic E-state index is 12.0. The number of hydrogen-bond donors (Lipinski definition) is 1. The summed E-state index contributed by atoms with van der Waals surface area (Å²) < 4.78 is 28.3. The van der Waals surface area contributed by atoms with Crippen LogP contribution in [0, 0.1) is 5.92 Å². The van der Waals surface area contributed by atoms with Gasteiger partial charge in [-0.15, -0.1) is 0 Å². The molecule has 1 atom stereocenters. The van der Waals surface area contributed by atoms with E-state index in [-0.39, 0.29) is 11.8 Å². The molecule has 18 heavy (non-hydrogen) atoms. The largest absolute Gasteiger partial charge is 0.435 e. The Kier molecular flexibility index (Phi) is 4.17. The van der Waals surface area contributed by atoms with Crippen molar-refractivity contribution in [3.05, 3.63) is 29.8 Å². The fourth-order valence-electron chi connectivity index (χ4n) is 2.43. The fraction of sp³-hybridized carbons (Fsp3) is 0.571. The van der Waals surface area contributed by atoms with Crippen LogP contribution >= 0.6 is 0 Å². The van der Waals surface area contributed by atoms with E-state index < -0.39 is 6.61 Å². The quantitative estimate of drug-likeness (QED) is 0.865. The Hall–Kier alpha value is -1.16. The van der Waals surface area contributed by atoms with E-state index in [9.17, 15) is 8.78 Å². The average molecular weight is 255 g/mol. The van der Waals surface area contributed by atoms with Gasteiger partial charge < -0.3 is 10.1 Å². The van der Waals surface area contributed by atoms with Crippen molar-refractivity contribution in [2.45, 2.75) is 45.4 Å². The third-order valence-electron chi connectivity index (χ3n) is 3.46. The molecule has 0 bridgehead atoms. The molecule has 100 valence electrons. The second-order valence-corrected chi connectivity index (χ2v) is 5.11. The molecule has 0 amide bonds. The van der Waals surface area contributed by atoms with Crippen molar-refractivity contribution in [1.29, 1.82) is 0 Å². The number of rotatable bonds is 5. The molecule has 1 N–H and O–H groups in total. The molecule has 1 aromatic carbocycles. The lowest BCUT2D eigenvalue weighted by Gasteiger charge is -2.35. The molecule has 2 rings (SSSR count). The molecular formula is C14H19F2NO. The molecule has 0 aliphatic heterocycles. The number of alkyl halides is 2. The van der Waals surface area contributed by atoms with Gasteiger partial charge >= 0.3 is 6.61 Å². The van der Waals surface area contributed by atoms with Crippen molar-refractivity contribution in [2.24, 2.45) is 5.92 Å². The van der Waals surface area contributed by atoms with Crippen LogP contribution in [0.15, 0.2) is 24.3 Å². The lowest BCUT2D eigenvalue weighted by atomic mass is 9.81. The molecule has 1 saturated carbocycles. The Balaban J connectivity index is 1.88. The van der Waals surface area contributed by atoms with Crippen LogP contribution in [0.4, 0.5) is 8.78 Å². The Labute approximate surface area is 106 Å². The van der Waals surface area contributed by atoms with Gasteiger partial charge in [-0.05, 0) is 43.4 Å². The summed E-state index contributed by atoms with van der Waals surface area (Å²) in [6, 6.07) is 7.66. The zero-order chi connectivity index (χ0) is 13.1. The molecule has 4 heteroatoms. The SMILES string of the molecule is CC1CC(NC(C)c2ccc(OC(F)F)cc2)C1. The summed E-state index contributed by atoms with van der Waals surface area (Å²) in [5, 5.41) is 3.53. The van der Waals surface area contributed by atoms with Gasteiger partial charge in [-0.2, -0.15) is 8.78 Å². The highest BCUT2D eigenvalue weighted by Gasteiger charge is 2.26. The van der Waals surface area contributed by atoms with Gasteiger partial charge in [0.25, 0.3) is 0 Å². The van der Waals surface area contributed by atoms with E-state index in [1.165, 1.54) is 12.8 Å². The van der Waals surface area contributed by atoms with Crippen LogP contribution in [0.5, 0.6) is 5.75 Å². The number of halogens is 2. The first-order chi connectivity index (χ1) is 8.54. The van der Waals surface area contributed by atoms with E-state index in [2.05, 4.69) is 23.9 Å². The van der Waals surface area contributed by atoms with Crippen molar-refractivity contribution in [2.75, 3.05) is 0 Å². The Morgan fingerprint density at radius 1 is 1.22 bits per heavy atom. The molecular weight excluding hydrogens is 236 g/mol.